The molecule has 0 saturated heterocycles. The van der Waals surface area contributed by atoms with Crippen LogP contribution in [0, 0.1) is 11.2 Å². The molecular formula is C14H15BrFNO3. The molecule has 0 heterocycles. The lowest BCUT2D eigenvalue weighted by atomic mass is 9.66. The van der Waals surface area contributed by atoms with Crippen molar-refractivity contribution >= 4 is 27.8 Å². The standard InChI is InChI=1S/C14H15BrFNO3/c15-12-9(3-1-4-10(12)16)13(20)17-8-14(5-2-6-14)7-11(18)19/h1,3-4H,2,5-8H2,(H,17,20)(H,18,19). The molecule has 2 N–H and O–H groups in total. The van der Waals surface area contributed by atoms with Gasteiger partial charge in [-0.1, -0.05) is 12.5 Å². The quantitative estimate of drug-likeness (QED) is 0.863. The Morgan fingerprint density at radius 3 is 2.65 bits per heavy atom. The summed E-state index contributed by atoms with van der Waals surface area (Å²) < 4.78 is 13.5. The Morgan fingerprint density at radius 1 is 1.40 bits per heavy atom. The number of nitrogens with one attached hydrogen (secondary N) is 1. The number of halogens is 2. The monoisotopic (exact) mass is 343 g/mol. The van der Waals surface area contributed by atoms with Crippen molar-refractivity contribution in [1.82, 2.24) is 5.32 Å². The van der Waals surface area contributed by atoms with Gasteiger partial charge >= 0.3 is 5.97 Å². The molecule has 0 spiro atoms. The molecule has 0 aliphatic heterocycles. The predicted octanol–water partition coefficient (Wildman–Crippen LogP) is 2.96. The fraction of sp³-hybridized carbons (Fsp3) is 0.429. The van der Waals surface area contributed by atoms with Gasteiger partial charge in [-0.2, -0.15) is 0 Å². The highest BCUT2D eigenvalue weighted by Gasteiger charge is 2.39. The van der Waals surface area contributed by atoms with E-state index in [1.807, 2.05) is 0 Å². The normalized spacial score (nSPS) is 16.3. The third kappa shape index (κ3) is 3.17. The van der Waals surface area contributed by atoms with Gasteiger partial charge in [-0.3, -0.25) is 9.59 Å². The Morgan fingerprint density at radius 2 is 2.10 bits per heavy atom. The lowest BCUT2D eigenvalue weighted by molar-refractivity contribution is -0.141. The minimum Gasteiger partial charge on any atom is -0.481 e. The van der Waals surface area contributed by atoms with Gasteiger partial charge in [0, 0.05) is 6.54 Å². The van der Waals surface area contributed by atoms with Crippen molar-refractivity contribution in [1.29, 1.82) is 0 Å². The van der Waals surface area contributed by atoms with Crippen molar-refractivity contribution in [2.45, 2.75) is 25.7 Å². The predicted molar refractivity (Wildman–Crippen MR) is 75.0 cm³/mol. The molecule has 1 fully saturated rings. The van der Waals surface area contributed by atoms with E-state index in [-0.39, 0.29) is 21.9 Å². The Hall–Kier alpha value is -1.43. The van der Waals surface area contributed by atoms with Gasteiger partial charge in [-0.15, -0.1) is 0 Å². The van der Waals surface area contributed by atoms with Crippen molar-refractivity contribution in [3.8, 4) is 0 Å². The zero-order valence-electron chi connectivity index (χ0n) is 10.8. The summed E-state index contributed by atoms with van der Waals surface area (Å²) in [5, 5.41) is 11.6. The number of amides is 1. The van der Waals surface area contributed by atoms with Gasteiger partial charge in [0.15, 0.2) is 0 Å². The first kappa shape index (κ1) is 15.0. The van der Waals surface area contributed by atoms with Gasteiger partial charge in [0.1, 0.15) is 5.82 Å². The van der Waals surface area contributed by atoms with Crippen LogP contribution in [0.4, 0.5) is 4.39 Å². The smallest absolute Gasteiger partial charge is 0.303 e. The van der Waals surface area contributed by atoms with Crippen LogP contribution in [-0.2, 0) is 4.79 Å². The second-order valence-corrected chi connectivity index (χ2v) is 6.00. The van der Waals surface area contributed by atoms with Gasteiger partial charge in [0.25, 0.3) is 5.91 Å². The summed E-state index contributed by atoms with van der Waals surface area (Å²) in [5.74, 6) is -1.75. The molecular weight excluding hydrogens is 329 g/mol. The summed E-state index contributed by atoms with van der Waals surface area (Å²) in [6.45, 7) is 0.307. The van der Waals surface area contributed by atoms with E-state index >= 15 is 0 Å². The van der Waals surface area contributed by atoms with E-state index in [4.69, 9.17) is 5.11 Å². The van der Waals surface area contributed by atoms with Crippen LogP contribution < -0.4 is 5.32 Å². The Kier molecular flexibility index (Phi) is 4.42. The van der Waals surface area contributed by atoms with Crippen molar-refractivity contribution in [2.75, 3.05) is 6.54 Å². The molecule has 1 aliphatic carbocycles. The number of hydrogen-bond acceptors (Lipinski definition) is 2. The van der Waals surface area contributed by atoms with E-state index < -0.39 is 17.7 Å². The molecule has 0 unspecified atom stereocenters. The molecule has 4 nitrogen and oxygen atoms in total. The molecule has 0 aromatic heterocycles. The number of hydrogen-bond donors (Lipinski definition) is 2. The van der Waals surface area contributed by atoms with Crippen LogP contribution in [-0.4, -0.2) is 23.5 Å². The molecule has 1 aromatic rings. The summed E-state index contributed by atoms with van der Waals surface area (Å²) in [7, 11) is 0. The molecule has 0 radical (unpaired) electrons. The van der Waals surface area contributed by atoms with Crippen LogP contribution in [0.15, 0.2) is 22.7 Å². The number of carboxylic acids is 1. The van der Waals surface area contributed by atoms with Crippen LogP contribution in [0.25, 0.3) is 0 Å². The van der Waals surface area contributed by atoms with Crippen LogP contribution >= 0.6 is 15.9 Å². The van der Waals surface area contributed by atoms with Gasteiger partial charge in [0.05, 0.1) is 16.5 Å². The zero-order valence-corrected chi connectivity index (χ0v) is 12.4. The number of carbonyl (C=O) groups is 2. The Labute approximate surface area is 124 Å². The number of carboxylic acid groups (broad SMARTS) is 1. The molecule has 1 saturated carbocycles. The largest absolute Gasteiger partial charge is 0.481 e. The van der Waals surface area contributed by atoms with Crippen molar-refractivity contribution in [3.05, 3.63) is 34.1 Å². The second-order valence-electron chi connectivity index (χ2n) is 5.21. The first-order chi connectivity index (χ1) is 9.43. The molecule has 0 bridgehead atoms. The zero-order chi connectivity index (χ0) is 14.8. The van der Waals surface area contributed by atoms with E-state index in [2.05, 4.69) is 21.2 Å². The molecule has 1 amide bonds. The topological polar surface area (TPSA) is 66.4 Å². The van der Waals surface area contributed by atoms with Crippen LogP contribution in [0.2, 0.25) is 0 Å². The van der Waals surface area contributed by atoms with E-state index in [9.17, 15) is 14.0 Å². The number of benzene rings is 1. The molecule has 1 aromatic carbocycles. The number of rotatable bonds is 5. The Bertz CT molecular complexity index is 543. The summed E-state index contributed by atoms with van der Waals surface area (Å²) in [4.78, 5) is 22.9. The Balaban J connectivity index is 2.01. The number of aliphatic carboxylic acids is 1. The molecule has 6 heteroatoms. The van der Waals surface area contributed by atoms with Crippen molar-refractivity contribution in [2.24, 2.45) is 5.41 Å². The molecule has 0 atom stereocenters. The van der Waals surface area contributed by atoms with Gasteiger partial charge in [-0.05, 0) is 46.3 Å². The van der Waals surface area contributed by atoms with E-state index in [0.717, 1.165) is 19.3 Å². The summed E-state index contributed by atoms with van der Waals surface area (Å²) in [6, 6.07) is 4.25. The van der Waals surface area contributed by atoms with Gasteiger partial charge in [0.2, 0.25) is 0 Å². The van der Waals surface area contributed by atoms with Crippen LogP contribution in [0.5, 0.6) is 0 Å². The summed E-state index contributed by atoms with van der Waals surface area (Å²) in [5.41, 5.74) is -0.129. The van der Waals surface area contributed by atoms with Crippen LogP contribution in [0.3, 0.4) is 0 Å². The third-order valence-corrected chi connectivity index (χ3v) is 4.57. The lowest BCUT2D eigenvalue weighted by Gasteiger charge is -2.40. The van der Waals surface area contributed by atoms with Crippen LogP contribution in [0.1, 0.15) is 36.0 Å². The average Bonchev–Trinajstić information content (AvgIpc) is 2.35. The molecule has 1 aliphatic rings. The fourth-order valence-electron chi connectivity index (χ4n) is 2.46. The van der Waals surface area contributed by atoms with Gasteiger partial charge < -0.3 is 10.4 Å². The minimum atomic E-state index is -0.856. The maximum atomic E-state index is 13.4. The maximum Gasteiger partial charge on any atom is 0.303 e. The average molecular weight is 344 g/mol. The highest BCUT2D eigenvalue weighted by atomic mass is 79.9. The van der Waals surface area contributed by atoms with Crippen molar-refractivity contribution in [3.63, 3.8) is 0 Å². The summed E-state index contributed by atoms with van der Waals surface area (Å²) in [6.07, 6.45) is 2.62. The molecule has 20 heavy (non-hydrogen) atoms. The molecule has 108 valence electrons. The minimum absolute atomic E-state index is 0.0532. The maximum absolute atomic E-state index is 13.4. The van der Waals surface area contributed by atoms with E-state index in [1.54, 1.807) is 0 Å². The second kappa shape index (κ2) is 5.91. The fourth-order valence-corrected chi connectivity index (χ4v) is 2.90. The SMILES string of the molecule is O=C(O)CC1(CNC(=O)c2cccc(F)c2Br)CCC1. The van der Waals surface area contributed by atoms with Gasteiger partial charge in [-0.25, -0.2) is 4.39 Å². The third-order valence-electron chi connectivity index (χ3n) is 3.76. The first-order valence-electron chi connectivity index (χ1n) is 6.38. The van der Waals surface area contributed by atoms with E-state index in [0.29, 0.717) is 6.54 Å². The summed E-state index contributed by atoms with van der Waals surface area (Å²) >= 11 is 3.04. The molecule has 2 rings (SSSR count). The first-order valence-corrected chi connectivity index (χ1v) is 7.17. The van der Waals surface area contributed by atoms with E-state index in [1.165, 1.54) is 18.2 Å². The highest BCUT2D eigenvalue weighted by molar-refractivity contribution is 9.10. The highest BCUT2D eigenvalue weighted by Crippen LogP contribution is 2.43. The van der Waals surface area contributed by atoms with Crippen molar-refractivity contribution < 1.29 is 19.1 Å². The number of carbonyl (C=O) groups excluding carboxylic acids is 1. The lowest BCUT2D eigenvalue weighted by Crippen LogP contribution is -2.43.